The highest BCUT2D eigenvalue weighted by Gasteiger charge is 2.30. The first-order valence-electron chi connectivity index (χ1n) is 3.58. The molecule has 1 saturated heterocycles. The quantitative estimate of drug-likeness (QED) is 0.627. The van der Waals surface area contributed by atoms with Gasteiger partial charge in [-0.25, -0.2) is 13.1 Å². The first-order chi connectivity index (χ1) is 5.05. The summed E-state index contributed by atoms with van der Waals surface area (Å²) in [4.78, 5) is 11.0. The van der Waals surface area contributed by atoms with Crippen LogP contribution in [0.25, 0.3) is 0 Å². The lowest BCUT2D eigenvalue weighted by Crippen LogP contribution is -2.32. The molecule has 0 aromatic heterocycles. The van der Waals surface area contributed by atoms with Crippen LogP contribution in [0.1, 0.15) is 19.8 Å². The number of sulfonamides is 1. The lowest BCUT2D eigenvalue weighted by molar-refractivity contribution is -0.120. The Hall–Kier alpha value is -0.420. The van der Waals surface area contributed by atoms with E-state index in [-0.39, 0.29) is 11.5 Å². The highest BCUT2D eigenvalue weighted by atomic mass is 32.2. The minimum Gasteiger partial charge on any atom is -0.298 e. The van der Waals surface area contributed by atoms with Crippen molar-refractivity contribution in [3.8, 4) is 0 Å². The van der Waals surface area contributed by atoms with E-state index >= 15 is 0 Å². The molecule has 0 spiro atoms. The van der Waals surface area contributed by atoms with Gasteiger partial charge in [-0.3, -0.25) is 4.79 Å². The zero-order valence-electron chi connectivity index (χ0n) is 6.33. The van der Waals surface area contributed by atoms with E-state index in [1.807, 2.05) is 0 Å². The minimum absolute atomic E-state index is 0.0222. The van der Waals surface area contributed by atoms with Gasteiger partial charge in [-0.1, -0.05) is 6.92 Å². The summed E-state index contributed by atoms with van der Waals surface area (Å²) in [6.07, 6.45) is 0.822. The SMILES string of the molecule is CCC(=O)C1CCS(=O)(=O)N1. The van der Waals surface area contributed by atoms with E-state index in [2.05, 4.69) is 4.72 Å². The Morgan fingerprint density at radius 1 is 1.64 bits per heavy atom. The zero-order chi connectivity index (χ0) is 8.48. The maximum Gasteiger partial charge on any atom is 0.212 e. The molecule has 0 amide bonds. The topological polar surface area (TPSA) is 63.2 Å². The predicted octanol–water partition coefficient (Wildman–Crippen LogP) is -0.343. The highest BCUT2D eigenvalue weighted by Crippen LogP contribution is 2.09. The molecule has 1 aliphatic heterocycles. The Kier molecular flexibility index (Phi) is 2.29. The Balaban J connectivity index is 2.62. The molecule has 0 aliphatic carbocycles. The molecule has 1 rings (SSSR count). The lowest BCUT2D eigenvalue weighted by Gasteiger charge is -2.03. The molecule has 0 saturated carbocycles. The molecule has 4 nitrogen and oxygen atoms in total. The fourth-order valence-corrected chi connectivity index (χ4v) is 2.43. The van der Waals surface area contributed by atoms with Crippen LogP contribution >= 0.6 is 0 Å². The summed E-state index contributed by atoms with van der Waals surface area (Å²) in [5.41, 5.74) is 0. The molecule has 1 heterocycles. The van der Waals surface area contributed by atoms with Gasteiger partial charge in [0.1, 0.15) is 0 Å². The van der Waals surface area contributed by atoms with Gasteiger partial charge in [-0.2, -0.15) is 0 Å². The highest BCUT2D eigenvalue weighted by molar-refractivity contribution is 7.89. The normalized spacial score (nSPS) is 28.6. The number of hydrogen-bond donors (Lipinski definition) is 1. The average molecular weight is 177 g/mol. The van der Waals surface area contributed by atoms with Crippen LogP contribution in [0.2, 0.25) is 0 Å². The second kappa shape index (κ2) is 2.91. The maximum absolute atomic E-state index is 11.0. The van der Waals surface area contributed by atoms with E-state index in [1.54, 1.807) is 6.92 Å². The maximum atomic E-state index is 11.0. The number of ketones is 1. The van der Waals surface area contributed by atoms with Crippen LogP contribution in [0, 0.1) is 0 Å². The molecule has 1 unspecified atom stereocenters. The van der Waals surface area contributed by atoms with Crippen LogP contribution in [-0.4, -0.2) is 26.0 Å². The van der Waals surface area contributed by atoms with Gasteiger partial charge in [0.15, 0.2) is 5.78 Å². The summed E-state index contributed by atoms with van der Waals surface area (Å²) in [5.74, 6) is 0.0646. The van der Waals surface area contributed by atoms with Crippen LogP contribution in [0.3, 0.4) is 0 Å². The molecule has 0 radical (unpaired) electrons. The largest absolute Gasteiger partial charge is 0.298 e. The molecule has 1 atom stereocenters. The first kappa shape index (κ1) is 8.67. The molecule has 11 heavy (non-hydrogen) atoms. The third-order valence-corrected chi connectivity index (χ3v) is 3.15. The van der Waals surface area contributed by atoms with Gasteiger partial charge in [0.25, 0.3) is 0 Å². The molecule has 1 aliphatic rings. The molecule has 1 N–H and O–H groups in total. The van der Waals surface area contributed by atoms with E-state index in [4.69, 9.17) is 0 Å². The lowest BCUT2D eigenvalue weighted by atomic mass is 10.1. The number of rotatable bonds is 2. The number of carbonyl (C=O) groups excluding carboxylic acids is 1. The smallest absolute Gasteiger partial charge is 0.212 e. The van der Waals surface area contributed by atoms with E-state index < -0.39 is 16.1 Å². The van der Waals surface area contributed by atoms with Gasteiger partial charge in [0.05, 0.1) is 11.8 Å². The van der Waals surface area contributed by atoms with Crippen molar-refractivity contribution >= 4 is 15.8 Å². The summed E-state index contributed by atoms with van der Waals surface area (Å²) >= 11 is 0. The average Bonchev–Trinajstić information content (AvgIpc) is 2.29. The fourth-order valence-electron chi connectivity index (χ4n) is 1.08. The second-order valence-corrected chi connectivity index (χ2v) is 4.47. The van der Waals surface area contributed by atoms with E-state index in [1.165, 1.54) is 0 Å². The van der Waals surface area contributed by atoms with Gasteiger partial charge in [0, 0.05) is 6.42 Å². The summed E-state index contributed by atoms with van der Waals surface area (Å²) < 4.78 is 23.9. The minimum atomic E-state index is -3.12. The third-order valence-electron chi connectivity index (χ3n) is 1.73. The van der Waals surface area contributed by atoms with E-state index in [9.17, 15) is 13.2 Å². The Morgan fingerprint density at radius 2 is 2.27 bits per heavy atom. The van der Waals surface area contributed by atoms with Crippen molar-refractivity contribution in [1.82, 2.24) is 4.72 Å². The first-order valence-corrected chi connectivity index (χ1v) is 5.23. The molecule has 64 valence electrons. The van der Waals surface area contributed by atoms with Crippen LogP contribution in [0.4, 0.5) is 0 Å². The Morgan fingerprint density at radius 3 is 2.64 bits per heavy atom. The van der Waals surface area contributed by atoms with Gasteiger partial charge >= 0.3 is 0 Å². The van der Waals surface area contributed by atoms with Crippen molar-refractivity contribution in [1.29, 1.82) is 0 Å². The molecule has 0 aromatic carbocycles. The van der Waals surface area contributed by atoms with E-state index in [0.717, 1.165) is 0 Å². The molecule has 0 aromatic rings. The Labute approximate surface area is 66.0 Å². The summed E-state index contributed by atoms with van der Waals surface area (Å²) in [7, 11) is -3.12. The van der Waals surface area contributed by atoms with Gasteiger partial charge < -0.3 is 0 Å². The number of nitrogens with one attached hydrogen (secondary N) is 1. The summed E-state index contributed by atoms with van der Waals surface area (Å²) in [6, 6.07) is -0.454. The molecule has 5 heteroatoms. The predicted molar refractivity (Wildman–Crippen MR) is 40.6 cm³/mol. The Bertz CT molecular complexity index is 257. The van der Waals surface area contributed by atoms with E-state index in [0.29, 0.717) is 12.8 Å². The number of hydrogen-bond acceptors (Lipinski definition) is 3. The van der Waals surface area contributed by atoms with Crippen LogP contribution in [-0.2, 0) is 14.8 Å². The van der Waals surface area contributed by atoms with Crippen LogP contribution in [0.5, 0.6) is 0 Å². The zero-order valence-corrected chi connectivity index (χ0v) is 7.15. The third kappa shape index (κ3) is 2.00. The van der Waals surface area contributed by atoms with Crippen LogP contribution < -0.4 is 4.72 Å². The van der Waals surface area contributed by atoms with Crippen molar-refractivity contribution in [3.05, 3.63) is 0 Å². The summed E-state index contributed by atoms with van der Waals surface area (Å²) in [6.45, 7) is 1.73. The number of Topliss-reactive ketones (excluding diaryl/α,β-unsaturated/α-hetero) is 1. The van der Waals surface area contributed by atoms with Crippen molar-refractivity contribution in [2.24, 2.45) is 0 Å². The van der Waals surface area contributed by atoms with Gasteiger partial charge in [-0.15, -0.1) is 0 Å². The molecular weight excluding hydrogens is 166 g/mol. The van der Waals surface area contributed by atoms with Crippen molar-refractivity contribution in [2.75, 3.05) is 5.75 Å². The number of carbonyl (C=O) groups is 1. The van der Waals surface area contributed by atoms with Crippen molar-refractivity contribution < 1.29 is 13.2 Å². The van der Waals surface area contributed by atoms with Crippen molar-refractivity contribution in [2.45, 2.75) is 25.8 Å². The second-order valence-electron chi connectivity index (χ2n) is 2.60. The molecule has 0 bridgehead atoms. The fraction of sp³-hybridized carbons (Fsp3) is 0.833. The monoisotopic (exact) mass is 177 g/mol. The molecule has 1 fully saturated rings. The van der Waals surface area contributed by atoms with Gasteiger partial charge in [-0.05, 0) is 6.42 Å². The van der Waals surface area contributed by atoms with Gasteiger partial charge in [0.2, 0.25) is 10.0 Å². The van der Waals surface area contributed by atoms with Crippen LogP contribution in [0.15, 0.2) is 0 Å². The standard InChI is InChI=1S/C6H11NO3S/c1-2-6(8)5-3-4-11(9,10)7-5/h5,7H,2-4H2,1H3. The van der Waals surface area contributed by atoms with Crippen molar-refractivity contribution in [3.63, 3.8) is 0 Å². The molecular formula is C6H11NO3S. The summed E-state index contributed by atoms with van der Waals surface area (Å²) in [5, 5.41) is 0.